The summed E-state index contributed by atoms with van der Waals surface area (Å²) in [6.07, 6.45) is 0. The molecule has 0 aromatic rings. The van der Waals surface area contributed by atoms with Gasteiger partial charge in [-0.3, -0.25) is 0 Å². The molecule has 13 heteroatoms. The summed E-state index contributed by atoms with van der Waals surface area (Å²) in [4.78, 5) is 51.3. The van der Waals surface area contributed by atoms with Crippen molar-refractivity contribution in [3.05, 3.63) is 0 Å². The second kappa shape index (κ2) is 13.4. The summed E-state index contributed by atoms with van der Waals surface area (Å²) in [5.41, 5.74) is 0. The van der Waals surface area contributed by atoms with Gasteiger partial charge < -0.3 is 38.5 Å². The smallest absolute Gasteiger partial charge is 0.822 e. The Morgan fingerprint density at radius 2 is 0.692 bits per heavy atom. The minimum Gasteiger partial charge on any atom is -0.822 e. The van der Waals surface area contributed by atoms with Crippen LogP contribution in [0.25, 0.3) is 0 Å². The molecule has 0 aromatic heterocycles. The molecule has 0 rings (SSSR count). The van der Waals surface area contributed by atoms with E-state index in [2.05, 4.69) is 0 Å². The average Bonchev–Trinajstić information content (AvgIpc) is 1.12. The Hall–Kier alpha value is 3.34. The Bertz CT molecular complexity index is 134. The SMILES string of the molecule is O=P([O-])([O-])[O-].O=P([O-])([O-])[O-].[Ba+2].[Cd+2].[Zn+2]. The van der Waals surface area contributed by atoms with Crippen molar-refractivity contribution in [2.24, 2.45) is 0 Å². The fraction of sp³-hybridized carbons (Fsp3) is 0. The maximum absolute atomic E-state index is 8.55. The number of hydrogen-bond acceptors (Lipinski definition) is 8. The second-order valence-corrected chi connectivity index (χ2v) is 2.68. The van der Waals surface area contributed by atoms with E-state index in [0.29, 0.717) is 0 Å². The standard InChI is InChI=1S/Ba.Cd.2H3O4P.Zn/c;;2*1-5(2,3)4;/h;;2*(H3,1,2,3,4);/q2*+2;;;+2/p-6. The maximum atomic E-state index is 8.55. The van der Waals surface area contributed by atoms with E-state index in [-0.39, 0.29) is 95.7 Å². The minimum atomic E-state index is -5.39. The van der Waals surface area contributed by atoms with Crippen LogP contribution < -0.4 is 29.4 Å². The van der Waals surface area contributed by atoms with E-state index in [1.54, 1.807) is 0 Å². The maximum Gasteiger partial charge on any atom is 2.00 e. The van der Waals surface area contributed by atoms with Gasteiger partial charge in [-0.1, -0.05) is 0 Å². The first-order valence-electron chi connectivity index (χ1n) is 1.46. The molecule has 0 saturated carbocycles. The summed E-state index contributed by atoms with van der Waals surface area (Å²) in [6, 6.07) is 0. The molecule has 0 N–H and O–H groups in total. The van der Waals surface area contributed by atoms with E-state index in [0.717, 1.165) is 0 Å². The largest absolute Gasteiger partial charge is 2.00 e. The van der Waals surface area contributed by atoms with Gasteiger partial charge in [0.2, 0.25) is 0 Å². The van der Waals surface area contributed by atoms with Crippen molar-refractivity contribution in [1.29, 1.82) is 0 Å². The molecule has 0 spiro atoms. The first-order chi connectivity index (χ1) is 4.00. The zero-order valence-corrected chi connectivity index (χ0v) is 19.5. The van der Waals surface area contributed by atoms with Gasteiger partial charge in [0.1, 0.15) is 0 Å². The molecule has 0 unspecified atom stereocenters. The molecule has 0 radical (unpaired) electrons. The van der Waals surface area contributed by atoms with Gasteiger partial charge in [0, 0.05) is 0 Å². The number of rotatable bonds is 0. The summed E-state index contributed by atoms with van der Waals surface area (Å²) < 4.78 is 17.1. The van der Waals surface area contributed by atoms with Crippen LogP contribution in [0.2, 0.25) is 0 Å². The molecule has 0 aromatic carbocycles. The first kappa shape index (κ1) is 29.9. The van der Waals surface area contributed by atoms with E-state index in [1.807, 2.05) is 0 Å². The third-order valence-electron chi connectivity index (χ3n) is 0. The van der Waals surface area contributed by atoms with Gasteiger partial charge in [0.25, 0.3) is 0 Å². The van der Waals surface area contributed by atoms with Gasteiger partial charge in [-0.2, -0.15) is 15.6 Å². The van der Waals surface area contributed by atoms with Crippen molar-refractivity contribution in [1.82, 2.24) is 0 Å². The van der Waals surface area contributed by atoms with E-state index < -0.39 is 15.6 Å². The van der Waals surface area contributed by atoms with Crippen LogP contribution in [0.4, 0.5) is 0 Å². The summed E-state index contributed by atoms with van der Waals surface area (Å²) >= 11 is 0. The Morgan fingerprint density at radius 1 is 0.692 bits per heavy atom. The molecular formula is BaCdO8P2Zn. The quantitative estimate of drug-likeness (QED) is 0.231. The zero-order valence-electron chi connectivity index (χ0n) is 6.28. The molecule has 13 heavy (non-hydrogen) atoms. The van der Waals surface area contributed by atoms with Crippen LogP contribution in [-0.2, 0) is 55.9 Å². The van der Waals surface area contributed by atoms with Gasteiger partial charge >= 0.3 is 95.7 Å². The van der Waals surface area contributed by atoms with E-state index in [4.69, 9.17) is 38.5 Å². The topological polar surface area (TPSA) is 172 Å². The molecule has 0 fully saturated rings. The van der Waals surface area contributed by atoms with Crippen molar-refractivity contribution in [3.8, 4) is 0 Å². The Labute approximate surface area is 147 Å². The van der Waals surface area contributed by atoms with Crippen LogP contribution in [0.3, 0.4) is 0 Å². The van der Waals surface area contributed by atoms with Gasteiger partial charge in [-0.15, -0.1) is 0 Å². The van der Waals surface area contributed by atoms with Crippen LogP contribution in [0.5, 0.6) is 0 Å². The van der Waals surface area contributed by atoms with Crippen molar-refractivity contribution >= 4 is 64.5 Å². The van der Waals surface area contributed by atoms with Crippen LogP contribution >= 0.6 is 15.6 Å². The minimum absolute atomic E-state index is 0. The molecule has 0 aliphatic carbocycles. The van der Waals surface area contributed by atoms with E-state index >= 15 is 0 Å². The molecule has 0 aliphatic rings. The molecule has 64 valence electrons. The molecule has 0 bridgehead atoms. The third-order valence-corrected chi connectivity index (χ3v) is 0. The fourth-order valence-corrected chi connectivity index (χ4v) is 0. The summed E-state index contributed by atoms with van der Waals surface area (Å²) in [6.45, 7) is 0. The summed E-state index contributed by atoms with van der Waals surface area (Å²) in [7, 11) is -10.8. The predicted molar refractivity (Wildman–Crippen MR) is 21.0 cm³/mol. The van der Waals surface area contributed by atoms with Crippen LogP contribution in [0, 0.1) is 0 Å². The van der Waals surface area contributed by atoms with Crippen LogP contribution in [0.1, 0.15) is 0 Å². The normalized spacial score (nSPS) is 9.08. The number of phosphoric acid groups is 2. The predicted octanol–water partition coefficient (Wildman–Crippen LogP) is -6.04. The molecule has 0 aliphatic heterocycles. The van der Waals surface area contributed by atoms with Crippen LogP contribution in [-0.4, -0.2) is 48.9 Å². The molecular weight excluding hydrogens is 505 g/mol. The van der Waals surface area contributed by atoms with Gasteiger partial charge in [0.05, 0.1) is 0 Å². The van der Waals surface area contributed by atoms with Crippen molar-refractivity contribution < 1.29 is 85.3 Å². The van der Waals surface area contributed by atoms with Crippen molar-refractivity contribution in [2.75, 3.05) is 0 Å². The first-order valence-corrected chi connectivity index (χ1v) is 4.38. The Kier molecular flexibility index (Phi) is 30.8. The van der Waals surface area contributed by atoms with Gasteiger partial charge in [-0.05, 0) is 0 Å². The Morgan fingerprint density at radius 3 is 0.692 bits per heavy atom. The van der Waals surface area contributed by atoms with Crippen LogP contribution in [0.15, 0.2) is 0 Å². The summed E-state index contributed by atoms with van der Waals surface area (Å²) in [5, 5.41) is 0. The van der Waals surface area contributed by atoms with Crippen molar-refractivity contribution in [2.45, 2.75) is 0 Å². The molecule has 0 heterocycles. The van der Waals surface area contributed by atoms with Crippen molar-refractivity contribution in [3.63, 3.8) is 0 Å². The fourth-order valence-electron chi connectivity index (χ4n) is 0. The average molecular weight is 505 g/mol. The second-order valence-electron chi connectivity index (χ2n) is 0.894. The molecule has 0 amide bonds. The Balaban J connectivity index is -0.0000000267. The number of hydrogen-bond donors (Lipinski definition) is 0. The van der Waals surface area contributed by atoms with E-state index in [9.17, 15) is 0 Å². The molecule has 8 nitrogen and oxygen atoms in total. The van der Waals surface area contributed by atoms with E-state index in [1.165, 1.54) is 0 Å². The monoisotopic (exact) mass is 506 g/mol. The molecule has 0 atom stereocenters. The molecule has 0 saturated heterocycles. The zero-order chi connectivity index (χ0) is 9.00. The van der Waals surface area contributed by atoms with Gasteiger partial charge in [-0.25, -0.2) is 0 Å². The van der Waals surface area contributed by atoms with Gasteiger partial charge in [0.15, 0.2) is 0 Å². The summed E-state index contributed by atoms with van der Waals surface area (Å²) in [5.74, 6) is 0. The third kappa shape index (κ3) is 245.